The van der Waals surface area contributed by atoms with E-state index in [4.69, 9.17) is 9.47 Å². The third-order valence-corrected chi connectivity index (χ3v) is 5.55. The van der Waals surface area contributed by atoms with E-state index in [0.717, 1.165) is 33.4 Å². The van der Waals surface area contributed by atoms with Crippen molar-refractivity contribution in [2.24, 2.45) is 0 Å². The lowest BCUT2D eigenvalue weighted by Gasteiger charge is -2.28. The van der Waals surface area contributed by atoms with Gasteiger partial charge < -0.3 is 19.5 Å². The van der Waals surface area contributed by atoms with E-state index in [1.807, 2.05) is 66.5 Å². The second kappa shape index (κ2) is 10.3. The van der Waals surface area contributed by atoms with E-state index in [2.05, 4.69) is 6.07 Å². The first-order valence-electron chi connectivity index (χ1n) is 10.2. The molecule has 31 heavy (non-hydrogen) atoms. The van der Waals surface area contributed by atoms with Crippen molar-refractivity contribution >= 4 is 16.7 Å². The van der Waals surface area contributed by atoms with Crippen LogP contribution in [-0.2, 0) is 11.3 Å². The number of amides is 1. The number of ether oxygens (including phenoxy) is 2. The van der Waals surface area contributed by atoms with Gasteiger partial charge in [-0.05, 0) is 59.3 Å². The first kappa shape index (κ1) is 22.6. The second-order valence-electron chi connectivity index (χ2n) is 7.68. The summed E-state index contributed by atoms with van der Waals surface area (Å²) in [5, 5.41) is 12.1. The Morgan fingerprint density at radius 2 is 1.52 bits per heavy atom. The molecule has 0 radical (unpaired) electrons. The van der Waals surface area contributed by atoms with Crippen molar-refractivity contribution in [1.29, 1.82) is 0 Å². The van der Waals surface area contributed by atoms with Crippen LogP contribution in [0.25, 0.3) is 10.8 Å². The largest absolute Gasteiger partial charge is 0.497 e. The van der Waals surface area contributed by atoms with E-state index in [0.29, 0.717) is 6.54 Å². The SMILES string of the molecule is COc1ccc(C(CO)N(C)CC(=O)N(C)Cc2ccc3cc(OC)ccc3c2)cc1. The summed E-state index contributed by atoms with van der Waals surface area (Å²) in [5.74, 6) is 1.57. The van der Waals surface area contributed by atoms with Gasteiger partial charge in [-0.15, -0.1) is 0 Å². The van der Waals surface area contributed by atoms with Crippen molar-refractivity contribution in [1.82, 2.24) is 9.80 Å². The number of hydrogen-bond donors (Lipinski definition) is 1. The van der Waals surface area contributed by atoms with E-state index in [1.165, 1.54) is 0 Å². The zero-order valence-corrected chi connectivity index (χ0v) is 18.5. The summed E-state index contributed by atoms with van der Waals surface area (Å²) >= 11 is 0. The first-order chi connectivity index (χ1) is 14.9. The smallest absolute Gasteiger partial charge is 0.236 e. The summed E-state index contributed by atoms with van der Waals surface area (Å²) in [5.41, 5.74) is 2.00. The van der Waals surface area contributed by atoms with Crippen LogP contribution in [0.3, 0.4) is 0 Å². The molecule has 0 saturated carbocycles. The van der Waals surface area contributed by atoms with E-state index in [1.54, 1.807) is 26.2 Å². The predicted octanol–water partition coefficient (Wildman–Crippen LogP) is 3.48. The maximum absolute atomic E-state index is 12.8. The Kier molecular flexibility index (Phi) is 7.50. The van der Waals surface area contributed by atoms with E-state index in [-0.39, 0.29) is 25.1 Å². The predicted molar refractivity (Wildman–Crippen MR) is 122 cm³/mol. The molecule has 3 rings (SSSR count). The van der Waals surface area contributed by atoms with Crippen molar-refractivity contribution in [2.75, 3.05) is 41.5 Å². The van der Waals surface area contributed by atoms with Crippen molar-refractivity contribution in [3.63, 3.8) is 0 Å². The van der Waals surface area contributed by atoms with Gasteiger partial charge in [-0.25, -0.2) is 0 Å². The number of hydrogen-bond acceptors (Lipinski definition) is 5. The number of methoxy groups -OCH3 is 2. The van der Waals surface area contributed by atoms with Crippen LogP contribution in [-0.4, -0.2) is 62.3 Å². The maximum Gasteiger partial charge on any atom is 0.236 e. The lowest BCUT2D eigenvalue weighted by molar-refractivity contribution is -0.132. The third kappa shape index (κ3) is 5.54. The van der Waals surface area contributed by atoms with Crippen LogP contribution in [0.4, 0.5) is 0 Å². The minimum absolute atomic E-state index is 0.00992. The van der Waals surface area contributed by atoms with Gasteiger partial charge in [0.1, 0.15) is 11.5 Å². The van der Waals surface area contributed by atoms with Gasteiger partial charge in [0.2, 0.25) is 5.91 Å². The second-order valence-corrected chi connectivity index (χ2v) is 7.68. The lowest BCUT2D eigenvalue weighted by atomic mass is 10.1. The number of aliphatic hydroxyl groups is 1. The highest BCUT2D eigenvalue weighted by atomic mass is 16.5. The normalized spacial score (nSPS) is 12.1. The summed E-state index contributed by atoms with van der Waals surface area (Å²) in [4.78, 5) is 16.4. The Bertz CT molecular complexity index is 1020. The number of likely N-dealkylation sites (N-methyl/N-ethyl adjacent to an activating group) is 2. The molecule has 0 aliphatic rings. The van der Waals surface area contributed by atoms with Crippen LogP contribution in [0.15, 0.2) is 60.7 Å². The minimum Gasteiger partial charge on any atom is -0.497 e. The summed E-state index contributed by atoms with van der Waals surface area (Å²) in [6, 6.07) is 19.4. The number of carbonyl (C=O) groups excluding carboxylic acids is 1. The molecule has 0 bridgehead atoms. The molecule has 0 saturated heterocycles. The molecule has 0 heterocycles. The topological polar surface area (TPSA) is 62.2 Å². The summed E-state index contributed by atoms with van der Waals surface area (Å²) in [7, 11) is 6.92. The van der Waals surface area contributed by atoms with Crippen LogP contribution in [0, 0.1) is 0 Å². The number of nitrogens with zero attached hydrogens (tertiary/aromatic N) is 2. The van der Waals surface area contributed by atoms with Crippen LogP contribution in [0.2, 0.25) is 0 Å². The number of aliphatic hydroxyl groups excluding tert-OH is 1. The minimum atomic E-state index is -0.265. The van der Waals surface area contributed by atoms with Gasteiger partial charge >= 0.3 is 0 Å². The standard InChI is InChI=1S/C25H30N2O4/c1-26(24(17-28)19-7-10-22(30-3)11-8-19)16-25(29)27(2)15-18-5-6-21-14-23(31-4)12-9-20(21)13-18/h5-14,24,28H,15-17H2,1-4H3. The molecule has 0 aliphatic heterocycles. The molecule has 3 aromatic carbocycles. The summed E-state index contributed by atoms with van der Waals surface area (Å²) in [6.07, 6.45) is 0. The molecule has 1 N–H and O–H groups in total. The average Bonchev–Trinajstić information content (AvgIpc) is 2.79. The zero-order valence-electron chi connectivity index (χ0n) is 18.5. The Labute approximate surface area is 183 Å². The van der Waals surface area contributed by atoms with E-state index >= 15 is 0 Å². The Morgan fingerprint density at radius 1 is 0.903 bits per heavy atom. The van der Waals surface area contributed by atoms with Gasteiger partial charge in [-0.3, -0.25) is 9.69 Å². The van der Waals surface area contributed by atoms with Gasteiger partial charge in [0.25, 0.3) is 0 Å². The highest BCUT2D eigenvalue weighted by molar-refractivity contribution is 5.84. The fraction of sp³-hybridized carbons (Fsp3) is 0.320. The molecule has 164 valence electrons. The van der Waals surface area contributed by atoms with Crippen LogP contribution in [0.5, 0.6) is 11.5 Å². The van der Waals surface area contributed by atoms with Gasteiger partial charge in [0, 0.05) is 13.6 Å². The molecule has 1 atom stereocenters. The molecule has 6 nitrogen and oxygen atoms in total. The molecule has 6 heteroatoms. The molecule has 0 spiro atoms. The van der Waals surface area contributed by atoms with Gasteiger partial charge in [0.05, 0.1) is 33.4 Å². The lowest BCUT2D eigenvalue weighted by Crippen LogP contribution is -2.39. The van der Waals surface area contributed by atoms with Crippen molar-refractivity contribution < 1.29 is 19.4 Å². The van der Waals surface area contributed by atoms with E-state index in [9.17, 15) is 9.90 Å². The molecule has 0 aromatic heterocycles. The molecular formula is C25H30N2O4. The Hall–Kier alpha value is -3.09. The van der Waals surface area contributed by atoms with Crippen LogP contribution in [0.1, 0.15) is 17.2 Å². The summed E-state index contributed by atoms with van der Waals surface area (Å²) < 4.78 is 10.5. The zero-order chi connectivity index (χ0) is 22.4. The fourth-order valence-electron chi connectivity index (χ4n) is 3.63. The van der Waals surface area contributed by atoms with Crippen molar-refractivity contribution in [3.8, 4) is 11.5 Å². The van der Waals surface area contributed by atoms with Crippen LogP contribution >= 0.6 is 0 Å². The van der Waals surface area contributed by atoms with Gasteiger partial charge in [-0.1, -0.05) is 30.3 Å². The van der Waals surface area contributed by atoms with Gasteiger partial charge in [0.15, 0.2) is 0 Å². The number of carbonyl (C=O) groups is 1. The Balaban J connectivity index is 1.64. The monoisotopic (exact) mass is 422 g/mol. The van der Waals surface area contributed by atoms with Crippen LogP contribution < -0.4 is 9.47 Å². The first-order valence-corrected chi connectivity index (χ1v) is 10.2. The molecular weight excluding hydrogens is 392 g/mol. The maximum atomic E-state index is 12.8. The summed E-state index contributed by atoms with van der Waals surface area (Å²) in [6.45, 7) is 0.646. The number of rotatable bonds is 9. The fourth-order valence-corrected chi connectivity index (χ4v) is 3.63. The highest BCUT2D eigenvalue weighted by Crippen LogP contribution is 2.23. The molecule has 1 amide bonds. The number of benzene rings is 3. The van der Waals surface area contributed by atoms with Crippen molar-refractivity contribution in [3.05, 3.63) is 71.8 Å². The Morgan fingerprint density at radius 3 is 2.16 bits per heavy atom. The van der Waals surface area contributed by atoms with E-state index < -0.39 is 0 Å². The van der Waals surface area contributed by atoms with Gasteiger partial charge in [-0.2, -0.15) is 0 Å². The molecule has 3 aromatic rings. The van der Waals surface area contributed by atoms with Crippen molar-refractivity contribution in [2.45, 2.75) is 12.6 Å². The molecule has 1 unspecified atom stereocenters. The average molecular weight is 423 g/mol. The number of fused-ring (bicyclic) bond motifs is 1. The third-order valence-electron chi connectivity index (χ3n) is 5.55. The molecule has 0 fully saturated rings. The molecule has 0 aliphatic carbocycles. The highest BCUT2D eigenvalue weighted by Gasteiger charge is 2.20. The quantitative estimate of drug-likeness (QED) is 0.572.